The molecule has 5 nitrogen and oxygen atoms in total. The number of benzene rings is 1. The van der Waals surface area contributed by atoms with Crippen molar-refractivity contribution in [2.24, 2.45) is 5.73 Å². The first kappa shape index (κ1) is 12.5. The minimum absolute atomic E-state index is 0.305. The molecule has 0 amide bonds. The van der Waals surface area contributed by atoms with Gasteiger partial charge in [-0.15, -0.1) is 10.2 Å². The molecule has 1 atom stereocenters. The summed E-state index contributed by atoms with van der Waals surface area (Å²) in [5, 5.41) is 8.05. The van der Waals surface area contributed by atoms with Crippen LogP contribution in [0.3, 0.4) is 0 Å². The average molecular weight is 266 g/mol. The van der Waals surface area contributed by atoms with Gasteiger partial charge in [-0.25, -0.2) is 0 Å². The van der Waals surface area contributed by atoms with E-state index in [0.717, 1.165) is 11.1 Å². The fraction of sp³-hybridized carbons (Fsp3) is 0.133. The van der Waals surface area contributed by atoms with Crippen LogP contribution in [0.4, 0.5) is 0 Å². The Labute approximate surface area is 116 Å². The summed E-state index contributed by atoms with van der Waals surface area (Å²) in [6.07, 6.45) is 4.03. The molecule has 0 aliphatic carbocycles. The summed E-state index contributed by atoms with van der Waals surface area (Å²) in [6.45, 7) is 0. The number of hydrogen-bond acceptors (Lipinski definition) is 5. The second-order valence-corrected chi connectivity index (χ2v) is 4.48. The van der Waals surface area contributed by atoms with Crippen molar-refractivity contribution in [1.82, 2.24) is 15.2 Å². The van der Waals surface area contributed by atoms with E-state index in [1.54, 1.807) is 12.4 Å². The van der Waals surface area contributed by atoms with Gasteiger partial charge in [0.05, 0.1) is 6.04 Å². The zero-order valence-corrected chi connectivity index (χ0v) is 10.8. The van der Waals surface area contributed by atoms with Crippen LogP contribution in [0.15, 0.2) is 59.3 Å². The molecule has 3 aromatic rings. The van der Waals surface area contributed by atoms with Crippen molar-refractivity contribution in [2.75, 3.05) is 0 Å². The van der Waals surface area contributed by atoms with E-state index in [1.807, 2.05) is 42.5 Å². The van der Waals surface area contributed by atoms with Gasteiger partial charge in [0.1, 0.15) is 0 Å². The van der Waals surface area contributed by atoms with Crippen molar-refractivity contribution in [1.29, 1.82) is 0 Å². The van der Waals surface area contributed by atoms with Crippen LogP contribution >= 0.6 is 0 Å². The summed E-state index contributed by atoms with van der Waals surface area (Å²) in [4.78, 5) is 3.95. The van der Waals surface area contributed by atoms with Gasteiger partial charge in [-0.1, -0.05) is 30.3 Å². The lowest BCUT2D eigenvalue weighted by molar-refractivity contribution is 0.457. The van der Waals surface area contributed by atoms with Crippen LogP contribution in [0.25, 0.3) is 11.5 Å². The Kier molecular flexibility index (Phi) is 3.52. The molecule has 5 heteroatoms. The Hall–Kier alpha value is -2.53. The van der Waals surface area contributed by atoms with Crippen LogP contribution in [0.5, 0.6) is 0 Å². The number of aromatic nitrogens is 3. The van der Waals surface area contributed by atoms with Gasteiger partial charge in [0.25, 0.3) is 0 Å². The number of hydrogen-bond donors (Lipinski definition) is 1. The zero-order valence-electron chi connectivity index (χ0n) is 10.8. The first-order valence-corrected chi connectivity index (χ1v) is 6.36. The van der Waals surface area contributed by atoms with Crippen molar-refractivity contribution >= 4 is 0 Å². The highest BCUT2D eigenvalue weighted by atomic mass is 16.4. The minimum atomic E-state index is -0.305. The molecule has 0 saturated carbocycles. The number of pyridine rings is 1. The topological polar surface area (TPSA) is 77.8 Å². The third-order valence-corrected chi connectivity index (χ3v) is 2.98. The molecule has 0 radical (unpaired) electrons. The summed E-state index contributed by atoms with van der Waals surface area (Å²) >= 11 is 0. The van der Waals surface area contributed by atoms with Crippen LogP contribution in [0, 0.1) is 0 Å². The van der Waals surface area contributed by atoms with Crippen LogP contribution in [0.1, 0.15) is 17.5 Å². The molecule has 0 spiro atoms. The number of rotatable bonds is 4. The molecule has 1 unspecified atom stereocenters. The molecule has 2 N–H and O–H groups in total. The van der Waals surface area contributed by atoms with Gasteiger partial charge in [-0.05, 0) is 24.1 Å². The summed E-state index contributed by atoms with van der Waals surface area (Å²) < 4.78 is 5.63. The third-order valence-electron chi connectivity index (χ3n) is 2.98. The highest BCUT2D eigenvalue weighted by molar-refractivity contribution is 5.50. The molecule has 0 aliphatic rings. The molecule has 100 valence electrons. The Morgan fingerprint density at radius 2 is 1.75 bits per heavy atom. The zero-order chi connectivity index (χ0) is 13.8. The molecule has 2 heterocycles. The minimum Gasteiger partial charge on any atom is -0.419 e. The SMILES string of the molecule is NC(Cc1ccccc1)c1nnc(-c2ccncc2)o1. The predicted octanol–water partition coefficient (Wildman–Crippen LogP) is 2.37. The summed E-state index contributed by atoms with van der Waals surface area (Å²) in [6, 6.07) is 13.3. The van der Waals surface area contributed by atoms with E-state index in [9.17, 15) is 0 Å². The first-order chi connectivity index (χ1) is 9.83. The monoisotopic (exact) mass is 266 g/mol. The predicted molar refractivity (Wildman–Crippen MR) is 74.6 cm³/mol. The van der Waals surface area contributed by atoms with Crippen molar-refractivity contribution in [2.45, 2.75) is 12.5 Å². The van der Waals surface area contributed by atoms with Crippen LogP contribution in [-0.2, 0) is 6.42 Å². The Morgan fingerprint density at radius 1 is 1.00 bits per heavy atom. The van der Waals surface area contributed by atoms with Crippen molar-refractivity contribution < 1.29 is 4.42 Å². The fourth-order valence-corrected chi connectivity index (χ4v) is 1.95. The number of nitrogens with two attached hydrogens (primary N) is 1. The lowest BCUT2D eigenvalue weighted by Gasteiger charge is -2.06. The second kappa shape index (κ2) is 5.63. The summed E-state index contributed by atoms with van der Waals surface area (Å²) in [5.41, 5.74) is 8.09. The quantitative estimate of drug-likeness (QED) is 0.784. The lowest BCUT2D eigenvalue weighted by Crippen LogP contribution is -2.13. The fourth-order valence-electron chi connectivity index (χ4n) is 1.95. The Balaban J connectivity index is 1.77. The van der Waals surface area contributed by atoms with Gasteiger partial charge in [-0.3, -0.25) is 4.98 Å². The van der Waals surface area contributed by atoms with E-state index in [0.29, 0.717) is 18.2 Å². The van der Waals surface area contributed by atoms with E-state index >= 15 is 0 Å². The van der Waals surface area contributed by atoms with E-state index in [-0.39, 0.29) is 6.04 Å². The van der Waals surface area contributed by atoms with Gasteiger partial charge in [-0.2, -0.15) is 0 Å². The van der Waals surface area contributed by atoms with Gasteiger partial charge in [0.2, 0.25) is 11.8 Å². The van der Waals surface area contributed by atoms with Crippen LogP contribution in [-0.4, -0.2) is 15.2 Å². The van der Waals surface area contributed by atoms with Crippen molar-refractivity contribution in [3.63, 3.8) is 0 Å². The molecule has 0 fully saturated rings. The van der Waals surface area contributed by atoms with E-state index < -0.39 is 0 Å². The third kappa shape index (κ3) is 2.73. The lowest BCUT2D eigenvalue weighted by atomic mass is 10.1. The van der Waals surface area contributed by atoms with E-state index in [1.165, 1.54) is 0 Å². The van der Waals surface area contributed by atoms with Crippen molar-refractivity contribution in [3.05, 3.63) is 66.3 Å². The molecule has 3 rings (SSSR count). The Bertz CT molecular complexity index is 667. The van der Waals surface area contributed by atoms with Gasteiger partial charge >= 0.3 is 0 Å². The van der Waals surface area contributed by atoms with Gasteiger partial charge in [0.15, 0.2) is 0 Å². The van der Waals surface area contributed by atoms with Gasteiger partial charge in [0, 0.05) is 18.0 Å². The normalized spacial score (nSPS) is 12.2. The van der Waals surface area contributed by atoms with Crippen LogP contribution in [0.2, 0.25) is 0 Å². The first-order valence-electron chi connectivity index (χ1n) is 6.36. The summed E-state index contributed by atoms with van der Waals surface area (Å²) in [5.74, 6) is 0.909. The number of nitrogens with zero attached hydrogens (tertiary/aromatic N) is 3. The largest absolute Gasteiger partial charge is 0.419 e. The molecule has 0 bridgehead atoms. The second-order valence-electron chi connectivity index (χ2n) is 4.48. The maximum absolute atomic E-state index is 6.11. The molecule has 0 saturated heterocycles. The molecule has 1 aromatic carbocycles. The standard InChI is InChI=1S/C15H14N4O/c16-13(10-11-4-2-1-3-5-11)15-19-18-14(20-15)12-6-8-17-9-7-12/h1-9,13H,10,16H2. The highest BCUT2D eigenvalue weighted by Gasteiger charge is 2.15. The van der Waals surface area contributed by atoms with E-state index in [4.69, 9.17) is 10.2 Å². The molecular weight excluding hydrogens is 252 g/mol. The average Bonchev–Trinajstić information content (AvgIpc) is 2.99. The highest BCUT2D eigenvalue weighted by Crippen LogP contribution is 2.20. The molecular formula is C15H14N4O. The van der Waals surface area contributed by atoms with Crippen LogP contribution < -0.4 is 5.73 Å². The maximum Gasteiger partial charge on any atom is 0.247 e. The van der Waals surface area contributed by atoms with Crippen molar-refractivity contribution in [3.8, 4) is 11.5 Å². The molecule has 20 heavy (non-hydrogen) atoms. The molecule has 0 aliphatic heterocycles. The summed E-state index contributed by atoms with van der Waals surface area (Å²) in [7, 11) is 0. The maximum atomic E-state index is 6.11. The molecule has 2 aromatic heterocycles. The van der Waals surface area contributed by atoms with E-state index in [2.05, 4.69) is 15.2 Å². The smallest absolute Gasteiger partial charge is 0.247 e. The van der Waals surface area contributed by atoms with Gasteiger partial charge < -0.3 is 10.2 Å². The Morgan fingerprint density at radius 3 is 2.50 bits per heavy atom.